The number of hydrogen-bond acceptors (Lipinski definition) is 7. The molecule has 1 aliphatic rings. The van der Waals surface area contributed by atoms with Crippen LogP contribution in [0.5, 0.6) is 0 Å². The van der Waals surface area contributed by atoms with Crippen molar-refractivity contribution >= 4 is 38.8 Å². The van der Waals surface area contributed by atoms with Gasteiger partial charge < -0.3 is 10.4 Å². The summed E-state index contributed by atoms with van der Waals surface area (Å²) in [5.41, 5.74) is 3.42. The molecule has 224 valence electrons. The number of amides is 1. The van der Waals surface area contributed by atoms with E-state index >= 15 is 0 Å². The van der Waals surface area contributed by atoms with Gasteiger partial charge in [0.15, 0.2) is 0 Å². The highest BCUT2D eigenvalue weighted by Crippen LogP contribution is 2.33. The molecule has 0 spiro atoms. The van der Waals surface area contributed by atoms with Gasteiger partial charge in [0.1, 0.15) is 6.04 Å². The molecule has 1 saturated heterocycles. The minimum absolute atomic E-state index is 0.00136. The number of benzene rings is 4. The Morgan fingerprint density at radius 1 is 0.864 bits per heavy atom. The fourth-order valence-corrected chi connectivity index (χ4v) is 7.82. The summed E-state index contributed by atoms with van der Waals surface area (Å²) in [5.74, 6) is -0.361. The third-order valence-electron chi connectivity index (χ3n) is 7.66. The summed E-state index contributed by atoms with van der Waals surface area (Å²) < 4.78 is 30.9. The van der Waals surface area contributed by atoms with E-state index < -0.39 is 22.2 Å². The maximum absolute atomic E-state index is 13.8. The highest BCUT2D eigenvalue weighted by molar-refractivity contribution is 7.97. The van der Waals surface area contributed by atoms with Crippen LogP contribution in [0.4, 0.5) is 0 Å². The number of nitrogens with zero attached hydrogens (tertiary/aromatic N) is 3. The lowest BCUT2D eigenvalue weighted by atomic mass is 10.1. The number of nitrogens with one attached hydrogen (secondary N) is 1. The summed E-state index contributed by atoms with van der Waals surface area (Å²) in [6, 6.07) is 34.6. The SMILES string of the molecule is O=C(NCC(O)c1ccccc1)C1CN(S(=O)(=O)c2ccc(-c3ccccc3)cc2)CCN1Sc1cccc2cccnc12. The van der Waals surface area contributed by atoms with Gasteiger partial charge in [-0.15, -0.1) is 0 Å². The van der Waals surface area contributed by atoms with Crippen LogP contribution in [-0.2, 0) is 14.8 Å². The predicted molar refractivity (Wildman–Crippen MR) is 173 cm³/mol. The largest absolute Gasteiger partial charge is 0.387 e. The van der Waals surface area contributed by atoms with Crippen LogP contribution in [0.1, 0.15) is 11.7 Å². The molecule has 2 unspecified atom stereocenters. The summed E-state index contributed by atoms with van der Waals surface area (Å²) in [6.07, 6.45) is 0.838. The standard InChI is InChI=1S/C34H32N4O4S2/c39-31(27-11-5-2-6-12-27)23-36-34(40)30-24-37(21-22-38(30)43-32-15-7-13-28-14-8-20-35-33(28)32)44(41,42)29-18-16-26(17-19-29)25-9-3-1-4-10-25/h1-20,30-31,39H,21-24H2,(H,36,40). The van der Waals surface area contributed by atoms with Gasteiger partial charge in [-0.1, -0.05) is 91.0 Å². The number of aliphatic hydroxyl groups excluding tert-OH is 1. The highest BCUT2D eigenvalue weighted by atomic mass is 32.2. The molecule has 0 saturated carbocycles. The number of pyridine rings is 1. The van der Waals surface area contributed by atoms with Crippen molar-refractivity contribution in [2.24, 2.45) is 0 Å². The maximum atomic E-state index is 13.8. The van der Waals surface area contributed by atoms with E-state index in [9.17, 15) is 18.3 Å². The average Bonchev–Trinajstić information content (AvgIpc) is 3.08. The molecule has 0 radical (unpaired) electrons. The van der Waals surface area contributed by atoms with Gasteiger partial charge in [-0.05, 0) is 52.9 Å². The first-order valence-electron chi connectivity index (χ1n) is 14.3. The van der Waals surface area contributed by atoms with Crippen LogP contribution in [0.25, 0.3) is 22.0 Å². The molecule has 6 rings (SSSR count). The number of carbonyl (C=O) groups excluding carboxylic acids is 1. The smallest absolute Gasteiger partial charge is 0.243 e. The number of fused-ring (bicyclic) bond motifs is 1. The van der Waals surface area contributed by atoms with Crippen molar-refractivity contribution < 1.29 is 18.3 Å². The predicted octanol–water partition coefficient (Wildman–Crippen LogP) is 5.13. The molecule has 1 amide bonds. The van der Waals surface area contributed by atoms with Crippen molar-refractivity contribution in [3.8, 4) is 11.1 Å². The molecule has 1 aliphatic heterocycles. The van der Waals surface area contributed by atoms with E-state index in [0.717, 1.165) is 26.9 Å². The Morgan fingerprint density at radius 2 is 1.55 bits per heavy atom. The second-order valence-electron chi connectivity index (χ2n) is 10.5. The molecule has 5 aromatic rings. The van der Waals surface area contributed by atoms with Crippen molar-refractivity contribution in [3.05, 3.63) is 127 Å². The Labute approximate surface area is 261 Å². The topological polar surface area (TPSA) is 103 Å². The minimum atomic E-state index is -3.88. The molecule has 0 bridgehead atoms. The summed E-state index contributed by atoms with van der Waals surface area (Å²) in [4.78, 5) is 19.3. The monoisotopic (exact) mass is 624 g/mol. The number of rotatable bonds is 9. The van der Waals surface area contributed by atoms with E-state index in [2.05, 4.69) is 10.3 Å². The quantitative estimate of drug-likeness (QED) is 0.219. The summed E-state index contributed by atoms with van der Waals surface area (Å²) in [5, 5.41) is 14.5. The first-order chi connectivity index (χ1) is 21.4. The van der Waals surface area contributed by atoms with Crippen LogP contribution in [0, 0.1) is 0 Å². The van der Waals surface area contributed by atoms with Crippen LogP contribution >= 0.6 is 11.9 Å². The third kappa shape index (κ3) is 6.54. The second-order valence-corrected chi connectivity index (χ2v) is 13.5. The molecule has 44 heavy (non-hydrogen) atoms. The molecule has 10 heteroatoms. The molecular weight excluding hydrogens is 593 g/mol. The van der Waals surface area contributed by atoms with E-state index in [0.29, 0.717) is 12.1 Å². The van der Waals surface area contributed by atoms with Gasteiger partial charge in [-0.3, -0.25) is 9.78 Å². The van der Waals surface area contributed by atoms with E-state index in [1.165, 1.54) is 16.3 Å². The lowest BCUT2D eigenvalue weighted by Crippen LogP contribution is -2.58. The first-order valence-corrected chi connectivity index (χ1v) is 16.6. The van der Waals surface area contributed by atoms with Crippen molar-refractivity contribution in [2.75, 3.05) is 26.2 Å². The highest BCUT2D eigenvalue weighted by Gasteiger charge is 2.38. The Morgan fingerprint density at radius 3 is 2.30 bits per heavy atom. The molecule has 8 nitrogen and oxygen atoms in total. The van der Waals surface area contributed by atoms with Crippen molar-refractivity contribution in [1.82, 2.24) is 18.9 Å². The first kappa shape index (κ1) is 30.0. The number of piperazine rings is 1. The average molecular weight is 625 g/mol. The van der Waals surface area contributed by atoms with Gasteiger partial charge >= 0.3 is 0 Å². The molecule has 0 aliphatic carbocycles. The lowest BCUT2D eigenvalue weighted by molar-refractivity contribution is -0.126. The molecular formula is C34H32N4O4S2. The van der Waals surface area contributed by atoms with E-state index in [1.54, 1.807) is 42.6 Å². The van der Waals surface area contributed by atoms with Crippen molar-refractivity contribution in [3.63, 3.8) is 0 Å². The number of para-hydroxylation sites is 1. The molecule has 2 N–H and O–H groups in total. The Balaban J connectivity index is 1.24. The van der Waals surface area contributed by atoms with Gasteiger partial charge in [0.2, 0.25) is 15.9 Å². The van der Waals surface area contributed by atoms with Gasteiger partial charge in [-0.25, -0.2) is 12.7 Å². The molecule has 4 aromatic carbocycles. The summed E-state index contributed by atoms with van der Waals surface area (Å²) in [6.45, 7) is 0.488. The Kier molecular flexibility index (Phi) is 9.06. The van der Waals surface area contributed by atoms with Gasteiger partial charge in [0.25, 0.3) is 0 Å². The molecule has 2 heterocycles. The third-order valence-corrected chi connectivity index (χ3v) is 10.7. The van der Waals surface area contributed by atoms with Gasteiger partial charge in [0.05, 0.1) is 16.5 Å². The van der Waals surface area contributed by atoms with Gasteiger partial charge in [-0.2, -0.15) is 4.31 Å². The van der Waals surface area contributed by atoms with E-state index in [4.69, 9.17) is 0 Å². The fourth-order valence-electron chi connectivity index (χ4n) is 5.27. The van der Waals surface area contributed by atoms with Gasteiger partial charge in [0, 0.05) is 42.7 Å². The number of aromatic nitrogens is 1. The second kappa shape index (κ2) is 13.3. The van der Waals surface area contributed by atoms with Crippen LogP contribution in [0.2, 0.25) is 0 Å². The van der Waals surface area contributed by atoms with Crippen molar-refractivity contribution in [2.45, 2.75) is 21.9 Å². The zero-order valence-corrected chi connectivity index (χ0v) is 25.5. The van der Waals surface area contributed by atoms with Crippen LogP contribution in [-0.4, -0.2) is 65.2 Å². The normalized spacial score (nSPS) is 16.9. The summed E-state index contributed by atoms with van der Waals surface area (Å²) >= 11 is 1.40. The zero-order valence-electron chi connectivity index (χ0n) is 23.9. The van der Waals surface area contributed by atoms with Crippen LogP contribution in [0.15, 0.2) is 131 Å². The number of aliphatic hydroxyl groups is 1. The van der Waals surface area contributed by atoms with E-state index in [-0.39, 0.29) is 30.4 Å². The maximum Gasteiger partial charge on any atom is 0.243 e. The summed E-state index contributed by atoms with van der Waals surface area (Å²) in [7, 11) is -3.88. The number of carbonyl (C=O) groups is 1. The zero-order chi connectivity index (χ0) is 30.5. The molecule has 1 aromatic heterocycles. The number of sulfonamides is 1. The molecule has 2 atom stereocenters. The van der Waals surface area contributed by atoms with Crippen molar-refractivity contribution in [1.29, 1.82) is 0 Å². The number of hydrogen-bond donors (Lipinski definition) is 2. The van der Waals surface area contributed by atoms with E-state index in [1.807, 2.05) is 83.2 Å². The molecule has 1 fully saturated rings. The Hall–Kier alpha value is -4.06. The lowest BCUT2D eigenvalue weighted by Gasteiger charge is -2.39. The minimum Gasteiger partial charge on any atom is -0.387 e. The van der Waals surface area contributed by atoms with Crippen LogP contribution < -0.4 is 5.32 Å². The Bertz CT molecular complexity index is 1830. The van der Waals surface area contributed by atoms with Crippen LogP contribution in [0.3, 0.4) is 0 Å². The fraction of sp³-hybridized carbons (Fsp3) is 0.176.